The Balaban J connectivity index is 0.00000338. The number of hydrogen-bond acceptors (Lipinski definition) is 5. The first-order valence-electron chi connectivity index (χ1n) is 8.11. The molecular weight excluding hydrogens is 394 g/mol. The molecule has 0 aliphatic heterocycles. The highest BCUT2D eigenvalue weighted by atomic mass is 35.5. The number of nitrogens with two attached hydrogens (primary N) is 1. The lowest BCUT2D eigenvalue weighted by molar-refractivity contribution is 0.0954. The Bertz CT molecular complexity index is 833. The van der Waals surface area contributed by atoms with Crippen molar-refractivity contribution in [2.45, 2.75) is 24.5 Å². The minimum absolute atomic E-state index is 0. The van der Waals surface area contributed by atoms with Crippen LogP contribution >= 0.6 is 23.7 Å². The number of nitrogen functional groups attached to an aromatic ring is 1. The van der Waals surface area contributed by atoms with E-state index in [0.29, 0.717) is 41.5 Å². The maximum Gasteiger partial charge on any atom is 0.252 e. The topological polar surface area (TPSA) is 92.5 Å². The Morgan fingerprint density at radius 1 is 1.19 bits per heavy atom. The molecule has 0 aliphatic rings. The molecule has 1 amide bonds. The van der Waals surface area contributed by atoms with Crippen LogP contribution in [0.1, 0.15) is 29.1 Å². The zero-order valence-corrected chi connectivity index (χ0v) is 17.2. The van der Waals surface area contributed by atoms with Crippen molar-refractivity contribution < 1.29 is 13.2 Å². The summed E-state index contributed by atoms with van der Waals surface area (Å²) in [6.45, 7) is 4.96. The highest BCUT2D eigenvalue weighted by Gasteiger charge is 2.23. The summed E-state index contributed by atoms with van der Waals surface area (Å²) >= 11 is 1.25. The third kappa shape index (κ3) is 5.44. The van der Waals surface area contributed by atoms with Gasteiger partial charge in [0.2, 0.25) is 0 Å². The molecule has 0 radical (unpaired) electrons. The third-order valence-corrected chi connectivity index (χ3v) is 7.40. The molecule has 2 aromatic rings. The first kappa shape index (κ1) is 22.4. The van der Waals surface area contributed by atoms with E-state index in [1.54, 1.807) is 36.4 Å². The minimum Gasteiger partial charge on any atom is -0.399 e. The van der Waals surface area contributed by atoms with Crippen molar-refractivity contribution in [2.75, 3.05) is 25.4 Å². The first-order chi connectivity index (χ1) is 11.9. The molecule has 2 rings (SSSR count). The van der Waals surface area contributed by atoms with Crippen LogP contribution in [0.3, 0.4) is 0 Å². The Kier molecular flexibility index (Phi) is 8.55. The van der Waals surface area contributed by atoms with Gasteiger partial charge in [0.25, 0.3) is 15.9 Å². The van der Waals surface area contributed by atoms with Crippen LogP contribution in [0, 0.1) is 0 Å². The number of carbonyl (C=O) groups excluding carboxylic acids is 1. The second-order valence-corrected chi connectivity index (χ2v) is 8.77. The summed E-state index contributed by atoms with van der Waals surface area (Å²) in [7, 11) is -3.42. The lowest BCUT2D eigenvalue weighted by Gasteiger charge is -2.16. The minimum atomic E-state index is -3.42. The molecule has 0 aliphatic carbocycles. The van der Waals surface area contributed by atoms with Gasteiger partial charge in [-0.3, -0.25) is 4.79 Å². The molecule has 0 saturated heterocycles. The zero-order chi connectivity index (χ0) is 18.4. The van der Waals surface area contributed by atoms with Crippen LogP contribution in [0.2, 0.25) is 0 Å². The third-order valence-electron chi connectivity index (χ3n) is 3.74. The molecule has 0 saturated carbocycles. The number of nitrogens with zero attached hydrogens (tertiary/aromatic N) is 1. The smallest absolute Gasteiger partial charge is 0.252 e. The molecule has 1 aromatic heterocycles. The van der Waals surface area contributed by atoms with Gasteiger partial charge in [0.15, 0.2) is 0 Å². The van der Waals surface area contributed by atoms with Gasteiger partial charge < -0.3 is 11.1 Å². The number of rotatable bonds is 8. The molecule has 144 valence electrons. The van der Waals surface area contributed by atoms with E-state index in [1.165, 1.54) is 15.6 Å². The maximum absolute atomic E-state index is 12.5. The van der Waals surface area contributed by atoms with E-state index in [2.05, 4.69) is 5.32 Å². The lowest BCUT2D eigenvalue weighted by atomic mass is 10.2. The summed E-state index contributed by atoms with van der Waals surface area (Å²) in [5.74, 6) is -0.195. The van der Waals surface area contributed by atoms with Crippen LogP contribution in [0.5, 0.6) is 0 Å². The van der Waals surface area contributed by atoms with Gasteiger partial charge in [-0.05, 0) is 36.8 Å². The number of benzene rings is 1. The molecule has 6 nitrogen and oxygen atoms in total. The lowest BCUT2D eigenvalue weighted by Crippen LogP contribution is -2.29. The van der Waals surface area contributed by atoms with E-state index < -0.39 is 10.0 Å². The predicted octanol–water partition coefficient (Wildman–Crippen LogP) is 2.76. The second-order valence-electron chi connectivity index (χ2n) is 5.44. The molecule has 0 atom stereocenters. The van der Waals surface area contributed by atoms with Gasteiger partial charge in [0, 0.05) is 35.8 Å². The highest BCUT2D eigenvalue weighted by molar-refractivity contribution is 7.91. The quantitative estimate of drug-likeness (QED) is 0.646. The molecule has 0 fully saturated rings. The summed E-state index contributed by atoms with van der Waals surface area (Å²) in [6.07, 6.45) is 0.576. The van der Waals surface area contributed by atoms with Gasteiger partial charge in [-0.2, -0.15) is 4.31 Å². The van der Waals surface area contributed by atoms with Crippen molar-refractivity contribution >= 4 is 45.4 Å². The van der Waals surface area contributed by atoms with E-state index in [0.717, 1.165) is 4.88 Å². The normalized spacial score (nSPS) is 11.2. The molecule has 1 aromatic carbocycles. The average Bonchev–Trinajstić information content (AvgIpc) is 3.05. The molecule has 26 heavy (non-hydrogen) atoms. The van der Waals surface area contributed by atoms with Crippen LogP contribution in [-0.4, -0.2) is 38.3 Å². The molecule has 1 heterocycles. The fourth-order valence-corrected chi connectivity index (χ4v) is 5.37. The van der Waals surface area contributed by atoms with Crippen LogP contribution in [0.4, 0.5) is 5.69 Å². The molecule has 0 bridgehead atoms. The number of hydrogen-bond donors (Lipinski definition) is 2. The highest BCUT2D eigenvalue weighted by Crippen LogP contribution is 2.25. The number of carbonyl (C=O) groups is 1. The van der Waals surface area contributed by atoms with Gasteiger partial charge in [-0.15, -0.1) is 23.7 Å². The van der Waals surface area contributed by atoms with Crippen LogP contribution in [0.25, 0.3) is 0 Å². The Hall–Kier alpha value is -1.61. The SMILES string of the molecule is CCN(CC)S(=O)(=O)c1ccc(CCNC(=O)c2cccc(N)c2)s1.Cl. The van der Waals surface area contributed by atoms with Crippen molar-refractivity contribution in [3.05, 3.63) is 46.8 Å². The van der Waals surface area contributed by atoms with Gasteiger partial charge in [0.05, 0.1) is 0 Å². The van der Waals surface area contributed by atoms with Crippen LogP contribution < -0.4 is 11.1 Å². The number of sulfonamides is 1. The number of amides is 1. The molecule has 3 N–H and O–H groups in total. The summed E-state index contributed by atoms with van der Waals surface area (Å²) in [4.78, 5) is 13.0. The number of halogens is 1. The number of nitrogens with one attached hydrogen (secondary N) is 1. The molecular formula is C17H24ClN3O3S2. The van der Waals surface area contributed by atoms with E-state index in [4.69, 9.17) is 5.73 Å². The van der Waals surface area contributed by atoms with Crippen molar-refractivity contribution in [3.63, 3.8) is 0 Å². The monoisotopic (exact) mass is 417 g/mol. The van der Waals surface area contributed by atoms with Crippen LogP contribution in [0.15, 0.2) is 40.6 Å². The van der Waals surface area contributed by atoms with Crippen molar-refractivity contribution in [1.82, 2.24) is 9.62 Å². The fourth-order valence-electron chi connectivity index (χ4n) is 2.40. The zero-order valence-electron chi connectivity index (χ0n) is 14.8. The summed E-state index contributed by atoms with van der Waals surface area (Å²) in [5.41, 5.74) is 6.72. The van der Waals surface area contributed by atoms with E-state index in [9.17, 15) is 13.2 Å². The second kappa shape index (κ2) is 9.91. The van der Waals surface area contributed by atoms with Gasteiger partial charge in [-0.1, -0.05) is 19.9 Å². The number of anilines is 1. The Morgan fingerprint density at radius 3 is 2.50 bits per heavy atom. The van der Waals surface area contributed by atoms with Gasteiger partial charge in [0.1, 0.15) is 4.21 Å². The molecule has 0 spiro atoms. The largest absolute Gasteiger partial charge is 0.399 e. The predicted molar refractivity (Wildman–Crippen MR) is 109 cm³/mol. The molecule has 0 unspecified atom stereocenters. The van der Waals surface area contributed by atoms with Gasteiger partial charge >= 0.3 is 0 Å². The van der Waals surface area contributed by atoms with Crippen molar-refractivity contribution in [1.29, 1.82) is 0 Å². The Labute approximate surface area is 164 Å². The van der Waals surface area contributed by atoms with E-state index in [-0.39, 0.29) is 18.3 Å². The summed E-state index contributed by atoms with van der Waals surface area (Å²) in [6, 6.07) is 10.2. The molecule has 9 heteroatoms. The van der Waals surface area contributed by atoms with Gasteiger partial charge in [-0.25, -0.2) is 8.42 Å². The van der Waals surface area contributed by atoms with Crippen molar-refractivity contribution in [3.8, 4) is 0 Å². The van der Waals surface area contributed by atoms with Crippen LogP contribution in [-0.2, 0) is 16.4 Å². The van der Waals surface area contributed by atoms with E-state index >= 15 is 0 Å². The summed E-state index contributed by atoms with van der Waals surface area (Å²) < 4.78 is 26.7. The van der Waals surface area contributed by atoms with Crippen molar-refractivity contribution in [2.24, 2.45) is 0 Å². The number of thiophene rings is 1. The first-order valence-corrected chi connectivity index (χ1v) is 10.4. The maximum atomic E-state index is 12.5. The average molecular weight is 418 g/mol. The summed E-state index contributed by atoms with van der Waals surface area (Å²) in [5, 5.41) is 2.82. The Morgan fingerprint density at radius 2 is 1.88 bits per heavy atom. The fraction of sp³-hybridized carbons (Fsp3) is 0.353. The van der Waals surface area contributed by atoms with E-state index in [1.807, 2.05) is 13.8 Å². The standard InChI is InChI=1S/C17H23N3O3S2.ClH/c1-3-20(4-2)25(22,23)16-9-8-15(24-16)10-11-19-17(21)13-6-5-7-14(18)12-13;/h5-9,12H,3-4,10-11,18H2,1-2H3,(H,19,21);1H.